The van der Waals surface area contributed by atoms with E-state index in [0.717, 1.165) is 5.76 Å². The number of hydrogen-bond donors (Lipinski definition) is 1. The Labute approximate surface area is 93.3 Å². The number of hydrogen-bond acceptors (Lipinski definition) is 3. The van der Waals surface area contributed by atoms with E-state index in [9.17, 15) is 4.79 Å². The van der Waals surface area contributed by atoms with E-state index in [1.165, 1.54) is 0 Å². The van der Waals surface area contributed by atoms with Crippen molar-refractivity contribution >= 4 is 5.91 Å². The Morgan fingerprint density at radius 3 is 2.94 bits per heavy atom. The molecule has 0 atom stereocenters. The van der Waals surface area contributed by atoms with Gasteiger partial charge in [-0.1, -0.05) is 6.07 Å². The lowest BCUT2D eigenvalue weighted by molar-refractivity contribution is 0.0949. The summed E-state index contributed by atoms with van der Waals surface area (Å²) in [5.74, 6) is 0.702. The van der Waals surface area contributed by atoms with Crippen molar-refractivity contribution in [1.82, 2.24) is 10.3 Å². The van der Waals surface area contributed by atoms with Crippen LogP contribution in [0, 0.1) is 0 Å². The zero-order valence-corrected chi connectivity index (χ0v) is 8.72. The first kappa shape index (κ1) is 10.4. The van der Waals surface area contributed by atoms with E-state index in [1.54, 1.807) is 30.7 Å². The molecule has 0 radical (unpaired) electrons. The molecule has 4 heteroatoms. The van der Waals surface area contributed by atoms with E-state index in [1.807, 2.05) is 12.1 Å². The Kier molecular flexibility index (Phi) is 3.33. The number of nitrogens with zero attached hydrogens (tertiary/aromatic N) is 1. The van der Waals surface area contributed by atoms with Crippen LogP contribution in [-0.4, -0.2) is 17.4 Å². The normalized spacial score (nSPS) is 10.0. The Morgan fingerprint density at radius 1 is 1.31 bits per heavy atom. The van der Waals surface area contributed by atoms with Crippen molar-refractivity contribution in [2.45, 2.75) is 6.42 Å². The molecule has 16 heavy (non-hydrogen) atoms. The van der Waals surface area contributed by atoms with Gasteiger partial charge in [0.15, 0.2) is 0 Å². The first-order valence-electron chi connectivity index (χ1n) is 5.08. The summed E-state index contributed by atoms with van der Waals surface area (Å²) in [6, 6.07) is 8.96. The van der Waals surface area contributed by atoms with E-state index in [4.69, 9.17) is 4.42 Å². The number of furan rings is 1. The summed E-state index contributed by atoms with van der Waals surface area (Å²) in [7, 11) is 0. The van der Waals surface area contributed by atoms with Gasteiger partial charge in [-0.2, -0.15) is 0 Å². The van der Waals surface area contributed by atoms with Crippen LogP contribution in [0.1, 0.15) is 16.2 Å². The fourth-order valence-corrected chi connectivity index (χ4v) is 1.34. The number of carbonyl (C=O) groups is 1. The molecule has 2 aromatic rings. The molecule has 2 heterocycles. The molecule has 0 bridgehead atoms. The van der Waals surface area contributed by atoms with Gasteiger partial charge in [-0.25, -0.2) is 0 Å². The molecule has 4 nitrogen and oxygen atoms in total. The van der Waals surface area contributed by atoms with Crippen molar-refractivity contribution in [2.75, 3.05) is 6.54 Å². The molecule has 2 aromatic heterocycles. The van der Waals surface area contributed by atoms with E-state index >= 15 is 0 Å². The number of aromatic nitrogens is 1. The molecule has 1 amide bonds. The highest BCUT2D eigenvalue weighted by atomic mass is 16.3. The molecule has 2 rings (SSSR count). The average molecular weight is 216 g/mol. The third kappa shape index (κ3) is 2.70. The van der Waals surface area contributed by atoms with Gasteiger partial charge in [0.1, 0.15) is 11.5 Å². The molecule has 0 fully saturated rings. The van der Waals surface area contributed by atoms with Crippen LogP contribution in [0.15, 0.2) is 47.2 Å². The van der Waals surface area contributed by atoms with Crippen LogP contribution < -0.4 is 5.32 Å². The van der Waals surface area contributed by atoms with E-state index in [0.29, 0.717) is 18.7 Å². The maximum atomic E-state index is 11.6. The lowest BCUT2D eigenvalue weighted by atomic mass is 10.3. The van der Waals surface area contributed by atoms with E-state index in [2.05, 4.69) is 10.3 Å². The van der Waals surface area contributed by atoms with Crippen molar-refractivity contribution in [2.24, 2.45) is 0 Å². The summed E-state index contributed by atoms with van der Waals surface area (Å²) >= 11 is 0. The predicted octanol–water partition coefficient (Wildman–Crippen LogP) is 1.65. The fraction of sp³-hybridized carbons (Fsp3) is 0.167. The smallest absolute Gasteiger partial charge is 0.269 e. The number of pyridine rings is 1. The van der Waals surface area contributed by atoms with E-state index < -0.39 is 0 Å². The number of nitrogens with one attached hydrogen (secondary N) is 1. The van der Waals surface area contributed by atoms with Gasteiger partial charge < -0.3 is 9.73 Å². The van der Waals surface area contributed by atoms with Crippen molar-refractivity contribution < 1.29 is 9.21 Å². The van der Waals surface area contributed by atoms with Crippen molar-refractivity contribution in [3.8, 4) is 0 Å². The molecule has 0 aromatic carbocycles. The summed E-state index contributed by atoms with van der Waals surface area (Å²) in [6.45, 7) is 0.545. The standard InChI is InChI=1S/C12H12N2O2/c15-12(11-5-1-2-7-13-11)14-8-6-10-4-3-9-16-10/h1-5,7,9H,6,8H2,(H,14,15). The van der Waals surface area contributed by atoms with Crippen LogP contribution >= 0.6 is 0 Å². The molecule has 0 spiro atoms. The van der Waals surface area contributed by atoms with Crippen molar-refractivity contribution in [3.05, 3.63) is 54.2 Å². The van der Waals surface area contributed by atoms with Crippen LogP contribution in [-0.2, 0) is 6.42 Å². The quantitative estimate of drug-likeness (QED) is 0.845. The predicted molar refractivity (Wildman–Crippen MR) is 59.0 cm³/mol. The van der Waals surface area contributed by atoms with Gasteiger partial charge in [0, 0.05) is 19.2 Å². The van der Waals surface area contributed by atoms with Gasteiger partial charge in [-0.05, 0) is 24.3 Å². The highest BCUT2D eigenvalue weighted by molar-refractivity contribution is 5.92. The van der Waals surface area contributed by atoms with Gasteiger partial charge in [0.2, 0.25) is 0 Å². The second-order valence-electron chi connectivity index (χ2n) is 3.30. The summed E-state index contributed by atoms with van der Waals surface area (Å²) in [5, 5.41) is 2.78. The third-order valence-corrected chi connectivity index (χ3v) is 2.13. The number of rotatable bonds is 4. The number of amides is 1. The third-order valence-electron chi connectivity index (χ3n) is 2.13. The maximum Gasteiger partial charge on any atom is 0.269 e. The van der Waals surface area contributed by atoms with Crippen LogP contribution in [0.5, 0.6) is 0 Å². The molecule has 0 saturated carbocycles. The largest absolute Gasteiger partial charge is 0.469 e. The van der Waals surface area contributed by atoms with Gasteiger partial charge >= 0.3 is 0 Å². The van der Waals surface area contributed by atoms with Gasteiger partial charge in [0.05, 0.1) is 6.26 Å². The maximum absolute atomic E-state index is 11.6. The summed E-state index contributed by atoms with van der Waals surface area (Å²) < 4.78 is 5.15. The van der Waals surface area contributed by atoms with Gasteiger partial charge in [0.25, 0.3) is 5.91 Å². The summed E-state index contributed by atoms with van der Waals surface area (Å²) in [5.41, 5.74) is 0.432. The van der Waals surface area contributed by atoms with E-state index in [-0.39, 0.29) is 5.91 Å². The average Bonchev–Trinajstić information content (AvgIpc) is 2.83. The summed E-state index contributed by atoms with van der Waals surface area (Å²) in [6.07, 6.45) is 3.91. The minimum absolute atomic E-state index is 0.160. The lowest BCUT2D eigenvalue weighted by Gasteiger charge is -2.02. The zero-order valence-electron chi connectivity index (χ0n) is 8.72. The highest BCUT2D eigenvalue weighted by Crippen LogP contribution is 2.00. The minimum Gasteiger partial charge on any atom is -0.469 e. The Hall–Kier alpha value is -2.10. The van der Waals surface area contributed by atoms with Crippen molar-refractivity contribution in [3.63, 3.8) is 0 Å². The lowest BCUT2D eigenvalue weighted by Crippen LogP contribution is -2.26. The van der Waals surface area contributed by atoms with Crippen LogP contribution in [0.3, 0.4) is 0 Å². The highest BCUT2D eigenvalue weighted by Gasteiger charge is 2.05. The van der Waals surface area contributed by atoms with Gasteiger partial charge in [-0.3, -0.25) is 9.78 Å². The topological polar surface area (TPSA) is 55.1 Å². The Bertz CT molecular complexity index is 437. The monoisotopic (exact) mass is 216 g/mol. The molecule has 1 N–H and O–H groups in total. The Balaban J connectivity index is 1.81. The van der Waals surface area contributed by atoms with Crippen LogP contribution in [0.4, 0.5) is 0 Å². The van der Waals surface area contributed by atoms with Crippen molar-refractivity contribution in [1.29, 1.82) is 0 Å². The molecule has 0 saturated heterocycles. The number of carbonyl (C=O) groups excluding carboxylic acids is 1. The first-order chi connectivity index (χ1) is 7.86. The molecule has 0 unspecified atom stereocenters. The molecule has 0 aliphatic heterocycles. The zero-order chi connectivity index (χ0) is 11.2. The SMILES string of the molecule is O=C(NCCc1ccco1)c1ccccn1. The van der Waals surface area contributed by atoms with Gasteiger partial charge in [-0.15, -0.1) is 0 Å². The molecule has 82 valence electrons. The second-order valence-corrected chi connectivity index (χ2v) is 3.30. The second kappa shape index (κ2) is 5.11. The molecular weight excluding hydrogens is 204 g/mol. The first-order valence-corrected chi connectivity index (χ1v) is 5.08. The molecule has 0 aliphatic carbocycles. The Morgan fingerprint density at radius 2 is 2.25 bits per heavy atom. The van der Waals surface area contributed by atoms with Crippen LogP contribution in [0.2, 0.25) is 0 Å². The molecule has 0 aliphatic rings. The fourth-order valence-electron chi connectivity index (χ4n) is 1.34. The summed E-state index contributed by atoms with van der Waals surface area (Å²) in [4.78, 5) is 15.5. The molecular formula is C12H12N2O2. The van der Waals surface area contributed by atoms with Crippen LogP contribution in [0.25, 0.3) is 0 Å². The minimum atomic E-state index is -0.160.